The summed E-state index contributed by atoms with van der Waals surface area (Å²) in [6.45, 7) is 1.80. The Morgan fingerprint density at radius 3 is 2.92 bits per heavy atom. The maximum atomic E-state index is 12.8. The highest BCUT2D eigenvalue weighted by Gasteiger charge is 2.23. The number of aliphatic hydroxyl groups is 1. The second kappa shape index (κ2) is 8.20. The molecule has 1 atom stereocenters. The van der Waals surface area contributed by atoms with Gasteiger partial charge in [0.05, 0.1) is 6.54 Å². The lowest BCUT2D eigenvalue weighted by Gasteiger charge is -2.24. The van der Waals surface area contributed by atoms with Gasteiger partial charge >= 0.3 is 6.55 Å². The molecule has 0 radical (unpaired) electrons. The summed E-state index contributed by atoms with van der Waals surface area (Å²) in [5.74, 6) is 0.601. The molecule has 3 N–H and O–H groups in total. The SMILES string of the molecule is CCNC(=NCc1nccn1C(F)F)NCC(C)(O)c1ccsc1. The van der Waals surface area contributed by atoms with Crippen molar-refractivity contribution in [1.82, 2.24) is 20.2 Å². The molecule has 2 rings (SSSR count). The van der Waals surface area contributed by atoms with E-state index in [1.165, 1.54) is 23.7 Å². The van der Waals surface area contributed by atoms with Crippen LogP contribution >= 0.6 is 11.3 Å². The van der Waals surface area contributed by atoms with Crippen molar-refractivity contribution >= 4 is 17.3 Å². The molecule has 6 nitrogen and oxygen atoms in total. The van der Waals surface area contributed by atoms with Crippen LogP contribution in [-0.4, -0.2) is 33.7 Å². The Morgan fingerprint density at radius 2 is 2.29 bits per heavy atom. The van der Waals surface area contributed by atoms with Crippen molar-refractivity contribution in [3.05, 3.63) is 40.6 Å². The quantitative estimate of drug-likeness (QED) is 0.525. The number of nitrogens with one attached hydrogen (secondary N) is 2. The Bertz CT molecular complexity index is 655. The first kappa shape index (κ1) is 18.3. The molecule has 0 saturated heterocycles. The summed E-state index contributed by atoms with van der Waals surface area (Å²) in [5, 5.41) is 20.3. The number of nitrogens with zero attached hydrogens (tertiary/aromatic N) is 3. The third kappa shape index (κ3) is 4.75. The van der Waals surface area contributed by atoms with Gasteiger partial charge in [-0.1, -0.05) is 0 Å². The summed E-state index contributed by atoms with van der Waals surface area (Å²) in [6.07, 6.45) is 2.54. The Hall–Kier alpha value is -2.00. The standard InChI is InChI=1S/C15H21F2N5OS/c1-3-18-14(20-8-12-19-5-6-22(12)13(16)17)21-10-15(2,23)11-4-7-24-9-11/h4-7,9,13,23H,3,8,10H2,1-2H3,(H2,18,20,21). The van der Waals surface area contributed by atoms with Gasteiger partial charge in [0.25, 0.3) is 0 Å². The highest BCUT2D eigenvalue weighted by Crippen LogP contribution is 2.22. The maximum absolute atomic E-state index is 12.8. The van der Waals surface area contributed by atoms with Crippen LogP contribution in [0.3, 0.4) is 0 Å². The topological polar surface area (TPSA) is 74.5 Å². The Kier molecular flexibility index (Phi) is 6.27. The first-order valence-corrected chi connectivity index (χ1v) is 8.45. The Labute approximate surface area is 143 Å². The van der Waals surface area contributed by atoms with Gasteiger partial charge in [0, 0.05) is 18.9 Å². The van der Waals surface area contributed by atoms with Crippen LogP contribution in [0.5, 0.6) is 0 Å². The van der Waals surface area contributed by atoms with Gasteiger partial charge in [-0.25, -0.2) is 9.98 Å². The van der Waals surface area contributed by atoms with E-state index in [0.29, 0.717) is 12.5 Å². The summed E-state index contributed by atoms with van der Waals surface area (Å²) in [5.41, 5.74) is -0.249. The molecule has 0 spiro atoms. The normalized spacial score (nSPS) is 14.7. The molecule has 0 aliphatic heterocycles. The van der Waals surface area contributed by atoms with E-state index in [4.69, 9.17) is 0 Å². The highest BCUT2D eigenvalue weighted by molar-refractivity contribution is 7.08. The molecule has 0 aliphatic carbocycles. The van der Waals surface area contributed by atoms with E-state index < -0.39 is 12.2 Å². The molecule has 0 fully saturated rings. The molecule has 2 aromatic rings. The Morgan fingerprint density at radius 1 is 1.50 bits per heavy atom. The molecular formula is C15H21F2N5OS. The van der Waals surface area contributed by atoms with Gasteiger partial charge in [0.2, 0.25) is 0 Å². The molecule has 132 valence electrons. The minimum Gasteiger partial charge on any atom is -0.384 e. The van der Waals surface area contributed by atoms with Gasteiger partial charge in [0.15, 0.2) is 5.96 Å². The average molecular weight is 357 g/mol. The Balaban J connectivity index is 2.02. The van der Waals surface area contributed by atoms with Gasteiger partial charge in [0.1, 0.15) is 18.0 Å². The number of rotatable bonds is 7. The maximum Gasteiger partial charge on any atom is 0.319 e. The minimum absolute atomic E-state index is 0.00721. The van der Waals surface area contributed by atoms with Gasteiger partial charge in [-0.3, -0.25) is 4.57 Å². The summed E-state index contributed by atoms with van der Waals surface area (Å²) in [6, 6.07) is 1.86. The zero-order valence-corrected chi connectivity index (χ0v) is 14.4. The zero-order valence-electron chi connectivity index (χ0n) is 13.5. The molecule has 9 heteroatoms. The fourth-order valence-corrected chi connectivity index (χ4v) is 2.85. The highest BCUT2D eigenvalue weighted by atomic mass is 32.1. The van der Waals surface area contributed by atoms with E-state index in [9.17, 15) is 13.9 Å². The van der Waals surface area contributed by atoms with Gasteiger partial charge < -0.3 is 15.7 Å². The molecule has 2 aromatic heterocycles. The molecule has 0 saturated carbocycles. The lowest BCUT2D eigenvalue weighted by molar-refractivity contribution is 0.0621. The predicted octanol–water partition coefficient (Wildman–Crippen LogP) is 2.30. The minimum atomic E-state index is -2.65. The number of hydrogen-bond donors (Lipinski definition) is 3. The van der Waals surface area contributed by atoms with Crippen molar-refractivity contribution in [3.63, 3.8) is 0 Å². The van der Waals surface area contributed by atoms with Gasteiger partial charge in [-0.15, -0.1) is 0 Å². The molecule has 0 amide bonds. The number of hydrogen-bond acceptors (Lipinski definition) is 4. The summed E-state index contributed by atoms with van der Waals surface area (Å²) >= 11 is 1.51. The van der Waals surface area contributed by atoms with Crippen molar-refractivity contribution in [2.24, 2.45) is 4.99 Å². The molecule has 0 aliphatic rings. The van der Waals surface area contributed by atoms with Crippen molar-refractivity contribution in [2.45, 2.75) is 32.5 Å². The van der Waals surface area contributed by atoms with Crippen molar-refractivity contribution in [2.75, 3.05) is 13.1 Å². The van der Waals surface area contributed by atoms with Crippen LogP contribution in [0.1, 0.15) is 31.8 Å². The zero-order chi connectivity index (χ0) is 17.6. The van der Waals surface area contributed by atoms with Crippen LogP contribution in [0.4, 0.5) is 8.78 Å². The summed E-state index contributed by atoms with van der Waals surface area (Å²) in [4.78, 5) is 8.14. The second-order valence-electron chi connectivity index (χ2n) is 5.36. The lowest BCUT2D eigenvalue weighted by Crippen LogP contribution is -2.44. The molecular weight excluding hydrogens is 336 g/mol. The number of thiophene rings is 1. The van der Waals surface area contributed by atoms with E-state index >= 15 is 0 Å². The number of aliphatic imine (C=N–C) groups is 1. The largest absolute Gasteiger partial charge is 0.384 e. The number of alkyl halides is 2. The van der Waals surface area contributed by atoms with E-state index in [2.05, 4.69) is 20.6 Å². The van der Waals surface area contributed by atoms with E-state index in [1.54, 1.807) is 6.92 Å². The number of imidazole rings is 1. The smallest absolute Gasteiger partial charge is 0.319 e. The van der Waals surface area contributed by atoms with Crippen LogP contribution in [-0.2, 0) is 12.1 Å². The molecule has 0 aromatic carbocycles. The molecule has 2 heterocycles. The van der Waals surface area contributed by atoms with Crippen LogP contribution in [0.15, 0.2) is 34.2 Å². The van der Waals surface area contributed by atoms with Crippen molar-refractivity contribution < 1.29 is 13.9 Å². The summed E-state index contributed by atoms with van der Waals surface area (Å²) < 4.78 is 26.4. The third-order valence-electron chi connectivity index (χ3n) is 3.43. The number of halogens is 2. The van der Waals surface area contributed by atoms with Crippen LogP contribution < -0.4 is 10.6 Å². The van der Waals surface area contributed by atoms with E-state index in [-0.39, 0.29) is 18.9 Å². The van der Waals surface area contributed by atoms with Crippen LogP contribution in [0.25, 0.3) is 0 Å². The second-order valence-corrected chi connectivity index (χ2v) is 6.14. The monoisotopic (exact) mass is 357 g/mol. The number of aromatic nitrogens is 2. The lowest BCUT2D eigenvalue weighted by atomic mass is 9.99. The van der Waals surface area contributed by atoms with Crippen LogP contribution in [0.2, 0.25) is 0 Å². The van der Waals surface area contributed by atoms with E-state index in [0.717, 1.165) is 10.1 Å². The molecule has 0 bridgehead atoms. The first-order chi connectivity index (χ1) is 11.4. The average Bonchev–Trinajstić information content (AvgIpc) is 3.20. The predicted molar refractivity (Wildman–Crippen MR) is 90.2 cm³/mol. The molecule has 1 unspecified atom stereocenters. The van der Waals surface area contributed by atoms with E-state index in [1.807, 2.05) is 23.8 Å². The fraction of sp³-hybridized carbons (Fsp3) is 0.467. The van der Waals surface area contributed by atoms with Gasteiger partial charge in [-0.05, 0) is 36.2 Å². The van der Waals surface area contributed by atoms with Crippen molar-refractivity contribution in [1.29, 1.82) is 0 Å². The fourth-order valence-electron chi connectivity index (χ4n) is 2.06. The van der Waals surface area contributed by atoms with Crippen molar-refractivity contribution in [3.8, 4) is 0 Å². The van der Waals surface area contributed by atoms with Crippen LogP contribution in [0, 0.1) is 0 Å². The third-order valence-corrected chi connectivity index (χ3v) is 4.11. The summed E-state index contributed by atoms with van der Waals surface area (Å²) in [7, 11) is 0. The first-order valence-electron chi connectivity index (χ1n) is 7.51. The molecule has 24 heavy (non-hydrogen) atoms. The number of guanidine groups is 1. The van der Waals surface area contributed by atoms with Gasteiger partial charge in [-0.2, -0.15) is 20.1 Å².